The Morgan fingerprint density at radius 2 is 1.83 bits per heavy atom. The van der Waals surface area contributed by atoms with Crippen LogP contribution in [-0.4, -0.2) is 24.9 Å². The summed E-state index contributed by atoms with van der Waals surface area (Å²) < 4.78 is 5.63. The summed E-state index contributed by atoms with van der Waals surface area (Å²) in [5.41, 5.74) is 1.30. The van der Waals surface area contributed by atoms with Crippen molar-refractivity contribution in [2.75, 3.05) is 13.1 Å². The van der Waals surface area contributed by atoms with E-state index < -0.39 is 5.91 Å². The lowest BCUT2D eigenvalue weighted by Crippen LogP contribution is -2.47. The van der Waals surface area contributed by atoms with Crippen LogP contribution in [0.4, 0.5) is 0 Å². The molecule has 0 bridgehead atoms. The van der Waals surface area contributed by atoms with E-state index in [2.05, 4.69) is 38.7 Å². The Bertz CT molecular complexity index is 723. The summed E-state index contributed by atoms with van der Waals surface area (Å²) in [6, 6.07) is 13.5. The van der Waals surface area contributed by atoms with E-state index in [0.29, 0.717) is 11.2 Å². The van der Waals surface area contributed by atoms with Gasteiger partial charge in [0.25, 0.3) is 5.91 Å². The molecule has 2 N–H and O–H groups in total. The first-order chi connectivity index (χ1) is 11.6. The standard InChI is InChI=1S/C18H19BrN2O3/c19-15-8-7-14(24-15)17(23)20-11-16(22)21-12-18(9-4-10-18)13-5-2-1-3-6-13/h1-3,5-8H,4,9-12H2,(H,20,23)(H,21,22). The normalized spacial score (nSPS) is 15.4. The summed E-state index contributed by atoms with van der Waals surface area (Å²) in [5.74, 6) is -0.428. The molecule has 0 radical (unpaired) electrons. The summed E-state index contributed by atoms with van der Waals surface area (Å²) >= 11 is 3.14. The number of carbonyl (C=O) groups is 2. The average molecular weight is 391 g/mol. The van der Waals surface area contributed by atoms with Gasteiger partial charge in [0.05, 0.1) is 6.54 Å². The number of rotatable bonds is 6. The summed E-state index contributed by atoms with van der Waals surface area (Å²) in [6.45, 7) is 0.528. The smallest absolute Gasteiger partial charge is 0.287 e. The van der Waals surface area contributed by atoms with Gasteiger partial charge in [-0.2, -0.15) is 0 Å². The lowest BCUT2D eigenvalue weighted by Gasteiger charge is -2.42. The van der Waals surface area contributed by atoms with Crippen LogP contribution in [0, 0.1) is 0 Å². The number of furan rings is 1. The molecule has 24 heavy (non-hydrogen) atoms. The van der Waals surface area contributed by atoms with Crippen molar-refractivity contribution in [2.45, 2.75) is 24.7 Å². The van der Waals surface area contributed by atoms with E-state index in [-0.39, 0.29) is 23.6 Å². The Morgan fingerprint density at radius 1 is 1.08 bits per heavy atom. The van der Waals surface area contributed by atoms with Gasteiger partial charge in [0.2, 0.25) is 5.91 Å². The Hall–Kier alpha value is -2.08. The monoisotopic (exact) mass is 390 g/mol. The highest BCUT2D eigenvalue weighted by atomic mass is 79.9. The molecule has 1 heterocycles. The van der Waals surface area contributed by atoms with Crippen molar-refractivity contribution in [3.05, 3.63) is 58.5 Å². The number of hydrogen-bond acceptors (Lipinski definition) is 3. The van der Waals surface area contributed by atoms with Gasteiger partial charge in [0, 0.05) is 12.0 Å². The molecule has 0 spiro atoms. The minimum atomic E-state index is -0.405. The van der Waals surface area contributed by atoms with E-state index in [1.54, 1.807) is 12.1 Å². The Morgan fingerprint density at radius 3 is 2.42 bits per heavy atom. The van der Waals surface area contributed by atoms with Gasteiger partial charge >= 0.3 is 0 Å². The molecule has 0 unspecified atom stereocenters. The second-order valence-electron chi connectivity index (χ2n) is 6.06. The number of nitrogens with one attached hydrogen (secondary N) is 2. The van der Waals surface area contributed by atoms with Crippen LogP contribution in [0.15, 0.2) is 51.6 Å². The van der Waals surface area contributed by atoms with Crippen molar-refractivity contribution in [2.24, 2.45) is 0 Å². The fourth-order valence-corrected chi connectivity index (χ4v) is 3.28. The van der Waals surface area contributed by atoms with E-state index >= 15 is 0 Å². The van der Waals surface area contributed by atoms with Gasteiger partial charge in [-0.25, -0.2) is 0 Å². The second kappa shape index (κ2) is 7.21. The molecule has 0 atom stereocenters. The highest BCUT2D eigenvalue weighted by Crippen LogP contribution is 2.43. The molecule has 1 aromatic carbocycles. The SMILES string of the molecule is O=C(CNC(=O)c1ccc(Br)o1)NCC1(c2ccccc2)CCC1. The van der Waals surface area contributed by atoms with Crippen molar-refractivity contribution in [1.29, 1.82) is 0 Å². The zero-order chi connectivity index (χ0) is 17.0. The lowest BCUT2D eigenvalue weighted by atomic mass is 9.64. The van der Waals surface area contributed by atoms with Crippen LogP contribution in [0.2, 0.25) is 0 Å². The van der Waals surface area contributed by atoms with Crippen LogP contribution in [0.5, 0.6) is 0 Å². The van der Waals surface area contributed by atoms with Crippen molar-refractivity contribution in [1.82, 2.24) is 10.6 Å². The first-order valence-corrected chi connectivity index (χ1v) is 8.74. The van der Waals surface area contributed by atoms with Crippen LogP contribution < -0.4 is 10.6 Å². The molecule has 1 aliphatic carbocycles. The first kappa shape index (κ1) is 16.8. The molecule has 2 aromatic rings. The third-order valence-corrected chi connectivity index (χ3v) is 4.95. The Labute approximate surface area is 148 Å². The Kier molecular flexibility index (Phi) is 5.04. The van der Waals surface area contributed by atoms with Crippen molar-refractivity contribution < 1.29 is 14.0 Å². The van der Waals surface area contributed by atoms with Gasteiger partial charge < -0.3 is 15.1 Å². The molecule has 1 fully saturated rings. The van der Waals surface area contributed by atoms with Gasteiger partial charge in [0.15, 0.2) is 10.4 Å². The molecular formula is C18H19BrN2O3. The molecule has 6 heteroatoms. The van der Waals surface area contributed by atoms with Crippen LogP contribution in [0.3, 0.4) is 0 Å². The van der Waals surface area contributed by atoms with Crippen molar-refractivity contribution in [3.63, 3.8) is 0 Å². The lowest BCUT2D eigenvalue weighted by molar-refractivity contribution is -0.120. The maximum Gasteiger partial charge on any atom is 0.287 e. The third-order valence-electron chi connectivity index (χ3n) is 4.53. The van der Waals surface area contributed by atoms with Crippen molar-refractivity contribution in [3.8, 4) is 0 Å². The number of carbonyl (C=O) groups excluding carboxylic acids is 2. The molecule has 1 aliphatic rings. The zero-order valence-corrected chi connectivity index (χ0v) is 14.8. The first-order valence-electron chi connectivity index (χ1n) is 7.95. The third kappa shape index (κ3) is 3.70. The largest absolute Gasteiger partial charge is 0.444 e. The van der Waals surface area contributed by atoms with E-state index in [4.69, 9.17) is 4.42 Å². The molecule has 0 saturated heterocycles. The summed E-state index contributed by atoms with van der Waals surface area (Å²) in [7, 11) is 0. The number of hydrogen-bond donors (Lipinski definition) is 2. The van der Waals surface area contributed by atoms with E-state index in [1.807, 2.05) is 18.2 Å². The number of amides is 2. The quantitative estimate of drug-likeness (QED) is 0.796. The zero-order valence-electron chi connectivity index (χ0n) is 13.2. The van der Waals surface area contributed by atoms with Crippen LogP contribution in [0.25, 0.3) is 0 Å². The summed E-state index contributed by atoms with van der Waals surface area (Å²) in [4.78, 5) is 23.9. The van der Waals surface area contributed by atoms with Gasteiger partial charge in [-0.3, -0.25) is 9.59 Å². The van der Waals surface area contributed by atoms with Crippen molar-refractivity contribution >= 4 is 27.7 Å². The molecular weight excluding hydrogens is 372 g/mol. The van der Waals surface area contributed by atoms with E-state index in [0.717, 1.165) is 12.8 Å². The van der Waals surface area contributed by atoms with Gasteiger partial charge in [-0.1, -0.05) is 36.8 Å². The minimum Gasteiger partial charge on any atom is -0.444 e. The number of benzene rings is 1. The molecule has 2 amide bonds. The fourth-order valence-electron chi connectivity index (χ4n) is 2.98. The number of halogens is 1. The molecule has 5 nitrogen and oxygen atoms in total. The molecule has 1 saturated carbocycles. The molecule has 126 valence electrons. The van der Waals surface area contributed by atoms with Gasteiger partial charge in [0.1, 0.15) is 0 Å². The second-order valence-corrected chi connectivity index (χ2v) is 6.84. The van der Waals surface area contributed by atoms with Gasteiger partial charge in [-0.05, 0) is 46.5 Å². The minimum absolute atomic E-state index is 0.0345. The van der Waals surface area contributed by atoms with Crippen LogP contribution in [0.1, 0.15) is 35.4 Å². The molecule has 3 rings (SSSR count). The summed E-state index contributed by atoms with van der Waals surface area (Å²) in [6.07, 6.45) is 3.32. The maximum atomic E-state index is 12.0. The predicted octanol–water partition coefficient (Wildman–Crippen LogP) is 3.01. The highest BCUT2D eigenvalue weighted by Gasteiger charge is 2.38. The molecule has 0 aliphatic heterocycles. The maximum absolute atomic E-state index is 12.0. The fraction of sp³-hybridized carbons (Fsp3) is 0.333. The average Bonchev–Trinajstić information content (AvgIpc) is 2.99. The molecule has 1 aromatic heterocycles. The van der Waals surface area contributed by atoms with Crippen LogP contribution in [-0.2, 0) is 10.2 Å². The highest BCUT2D eigenvalue weighted by molar-refractivity contribution is 9.10. The predicted molar refractivity (Wildman–Crippen MR) is 93.7 cm³/mol. The Balaban J connectivity index is 1.49. The summed E-state index contributed by atoms with van der Waals surface area (Å²) in [5, 5.41) is 5.50. The van der Waals surface area contributed by atoms with E-state index in [1.165, 1.54) is 12.0 Å². The topological polar surface area (TPSA) is 71.3 Å². The van der Waals surface area contributed by atoms with E-state index in [9.17, 15) is 9.59 Å². The van der Waals surface area contributed by atoms with Gasteiger partial charge in [-0.15, -0.1) is 0 Å². The van der Waals surface area contributed by atoms with Crippen LogP contribution >= 0.6 is 15.9 Å².